The van der Waals surface area contributed by atoms with Crippen LogP contribution < -0.4 is 5.32 Å². The number of imidazole rings is 1. The summed E-state index contributed by atoms with van der Waals surface area (Å²) in [5.74, 6) is 0.134. The van der Waals surface area contributed by atoms with Crippen LogP contribution in [0.25, 0.3) is 16.3 Å². The number of halogens is 1. The first-order valence-electron chi connectivity index (χ1n) is 9.24. The van der Waals surface area contributed by atoms with Crippen molar-refractivity contribution in [2.75, 3.05) is 18.4 Å². The molecule has 5 rings (SSSR count). The fourth-order valence-corrected chi connectivity index (χ4v) is 4.24. The van der Waals surface area contributed by atoms with E-state index >= 15 is 0 Å². The molecule has 1 N–H and O–H groups in total. The van der Waals surface area contributed by atoms with Gasteiger partial charge in [0.2, 0.25) is 5.78 Å². The van der Waals surface area contributed by atoms with Gasteiger partial charge in [0.15, 0.2) is 0 Å². The van der Waals surface area contributed by atoms with Crippen molar-refractivity contribution in [3.63, 3.8) is 0 Å². The Kier molecular flexibility index (Phi) is 4.52. The normalized spacial score (nSPS) is 13.5. The minimum Gasteiger partial charge on any atom is -0.338 e. The summed E-state index contributed by atoms with van der Waals surface area (Å²) in [6.07, 6.45) is 6.01. The predicted molar refractivity (Wildman–Crippen MR) is 113 cm³/mol. The SMILES string of the molecule is Cn1ncc(C(=O)N2CCC2)c1C(=O)Nc1ccn2cc(-c3ccc(Cl)s3)nc2n1. The Morgan fingerprint density at radius 1 is 1.20 bits per heavy atom. The Balaban J connectivity index is 1.41. The van der Waals surface area contributed by atoms with E-state index in [2.05, 4.69) is 20.4 Å². The number of amides is 2. The van der Waals surface area contributed by atoms with Crippen LogP contribution in [0.2, 0.25) is 4.34 Å². The molecule has 1 fully saturated rings. The highest BCUT2D eigenvalue weighted by molar-refractivity contribution is 7.19. The molecule has 9 nitrogen and oxygen atoms in total. The van der Waals surface area contributed by atoms with E-state index < -0.39 is 5.91 Å². The molecule has 0 aromatic carbocycles. The van der Waals surface area contributed by atoms with E-state index in [1.54, 1.807) is 28.6 Å². The van der Waals surface area contributed by atoms with Gasteiger partial charge in [0.05, 0.1) is 21.0 Å². The average molecular weight is 442 g/mol. The topological polar surface area (TPSA) is 97.4 Å². The molecule has 4 aromatic rings. The number of hydrogen-bond donors (Lipinski definition) is 1. The zero-order valence-corrected chi connectivity index (χ0v) is 17.4. The third kappa shape index (κ3) is 3.23. The third-order valence-corrected chi connectivity index (χ3v) is 6.17. The van der Waals surface area contributed by atoms with Crippen molar-refractivity contribution < 1.29 is 9.59 Å². The molecule has 1 aliphatic rings. The molecular weight excluding hydrogens is 426 g/mol. The van der Waals surface area contributed by atoms with Gasteiger partial charge in [-0.2, -0.15) is 10.1 Å². The molecule has 0 spiro atoms. The fraction of sp³-hybridized carbons (Fsp3) is 0.211. The zero-order valence-electron chi connectivity index (χ0n) is 15.9. The van der Waals surface area contributed by atoms with Gasteiger partial charge in [0.25, 0.3) is 11.8 Å². The van der Waals surface area contributed by atoms with Gasteiger partial charge >= 0.3 is 0 Å². The molecule has 2 amide bonds. The van der Waals surface area contributed by atoms with Gasteiger partial charge in [0, 0.05) is 32.5 Å². The Morgan fingerprint density at radius 2 is 2.03 bits per heavy atom. The lowest BCUT2D eigenvalue weighted by atomic mass is 10.1. The second-order valence-corrected chi connectivity index (χ2v) is 8.60. The van der Waals surface area contributed by atoms with Crippen LogP contribution in [0.3, 0.4) is 0 Å². The second-order valence-electron chi connectivity index (χ2n) is 6.88. The fourth-order valence-electron chi connectivity index (χ4n) is 3.24. The van der Waals surface area contributed by atoms with Crippen molar-refractivity contribution in [3.05, 3.63) is 52.4 Å². The number of nitrogens with zero attached hydrogens (tertiary/aromatic N) is 6. The average Bonchev–Trinajstić information content (AvgIpc) is 3.37. The smallest absolute Gasteiger partial charge is 0.275 e. The molecule has 1 saturated heterocycles. The van der Waals surface area contributed by atoms with Crippen LogP contribution in [-0.4, -0.2) is 54.0 Å². The molecule has 5 heterocycles. The minimum absolute atomic E-state index is 0.185. The van der Waals surface area contributed by atoms with Crippen LogP contribution in [0.4, 0.5) is 5.82 Å². The largest absolute Gasteiger partial charge is 0.338 e. The number of aromatic nitrogens is 5. The van der Waals surface area contributed by atoms with Crippen molar-refractivity contribution in [1.29, 1.82) is 0 Å². The molecule has 0 unspecified atom stereocenters. The maximum absolute atomic E-state index is 12.9. The summed E-state index contributed by atoms with van der Waals surface area (Å²) >= 11 is 7.44. The van der Waals surface area contributed by atoms with Crippen LogP contribution in [0.15, 0.2) is 36.8 Å². The summed E-state index contributed by atoms with van der Waals surface area (Å²) in [4.78, 5) is 37.0. The van der Waals surface area contributed by atoms with Crippen LogP contribution in [0, 0.1) is 0 Å². The van der Waals surface area contributed by atoms with Crippen molar-refractivity contribution in [2.24, 2.45) is 7.05 Å². The Hall–Kier alpha value is -3.24. The Labute approximate surface area is 179 Å². The van der Waals surface area contributed by atoms with E-state index in [1.807, 2.05) is 18.3 Å². The summed E-state index contributed by atoms with van der Waals surface area (Å²) in [6, 6.07) is 5.39. The summed E-state index contributed by atoms with van der Waals surface area (Å²) < 4.78 is 3.85. The van der Waals surface area contributed by atoms with Crippen LogP contribution in [0.1, 0.15) is 27.3 Å². The molecule has 152 valence electrons. The first-order chi connectivity index (χ1) is 14.5. The van der Waals surface area contributed by atoms with E-state index in [4.69, 9.17) is 11.6 Å². The lowest BCUT2D eigenvalue weighted by Gasteiger charge is -2.30. The summed E-state index contributed by atoms with van der Waals surface area (Å²) in [6.45, 7) is 1.40. The van der Waals surface area contributed by atoms with Gasteiger partial charge in [-0.1, -0.05) is 11.6 Å². The zero-order chi connectivity index (χ0) is 20.8. The van der Waals surface area contributed by atoms with Gasteiger partial charge in [-0.05, 0) is 24.6 Å². The molecule has 0 aliphatic carbocycles. The Morgan fingerprint density at radius 3 is 2.73 bits per heavy atom. The van der Waals surface area contributed by atoms with E-state index in [0.717, 1.165) is 17.0 Å². The van der Waals surface area contributed by atoms with E-state index in [-0.39, 0.29) is 17.2 Å². The predicted octanol–water partition coefficient (Wildman–Crippen LogP) is 2.94. The molecule has 30 heavy (non-hydrogen) atoms. The van der Waals surface area contributed by atoms with Crippen LogP contribution in [0.5, 0.6) is 0 Å². The number of likely N-dealkylation sites (tertiary alicyclic amines) is 1. The van der Waals surface area contributed by atoms with E-state index in [0.29, 0.717) is 29.0 Å². The van der Waals surface area contributed by atoms with Crippen molar-refractivity contribution in [3.8, 4) is 10.6 Å². The molecule has 11 heteroatoms. The second kappa shape index (κ2) is 7.22. The number of hydrogen-bond acceptors (Lipinski definition) is 6. The van der Waals surface area contributed by atoms with Gasteiger partial charge in [0.1, 0.15) is 17.2 Å². The third-order valence-electron chi connectivity index (χ3n) is 4.92. The number of anilines is 1. The number of thiophene rings is 1. The number of nitrogens with one attached hydrogen (secondary N) is 1. The highest BCUT2D eigenvalue weighted by Gasteiger charge is 2.28. The standard InChI is InChI=1S/C19H16ClN7O2S/c1-25-16(11(9-21-25)18(29)26-6-2-7-26)17(28)23-15-5-8-27-10-12(22-19(27)24-15)13-3-4-14(20)30-13/h3-5,8-10H,2,6-7H2,1H3,(H,22,23,24,28). The first kappa shape index (κ1) is 18.8. The lowest BCUT2D eigenvalue weighted by molar-refractivity contribution is 0.0648. The number of fused-ring (bicyclic) bond motifs is 1. The molecule has 0 bridgehead atoms. The number of carbonyl (C=O) groups excluding carboxylic acids is 2. The molecule has 0 radical (unpaired) electrons. The van der Waals surface area contributed by atoms with Crippen LogP contribution in [-0.2, 0) is 7.05 Å². The van der Waals surface area contributed by atoms with Gasteiger partial charge < -0.3 is 10.2 Å². The number of aryl methyl sites for hydroxylation is 1. The monoisotopic (exact) mass is 441 g/mol. The first-order valence-corrected chi connectivity index (χ1v) is 10.4. The summed E-state index contributed by atoms with van der Waals surface area (Å²) in [7, 11) is 1.63. The molecule has 4 aromatic heterocycles. The lowest BCUT2D eigenvalue weighted by Crippen LogP contribution is -2.42. The van der Waals surface area contributed by atoms with Gasteiger partial charge in [-0.15, -0.1) is 11.3 Å². The summed E-state index contributed by atoms with van der Waals surface area (Å²) in [5.41, 5.74) is 1.23. The highest BCUT2D eigenvalue weighted by atomic mass is 35.5. The van der Waals surface area contributed by atoms with Crippen molar-refractivity contribution >= 4 is 46.3 Å². The van der Waals surface area contributed by atoms with Crippen molar-refractivity contribution in [1.82, 2.24) is 29.0 Å². The van der Waals surface area contributed by atoms with Gasteiger partial charge in [-0.25, -0.2) is 4.98 Å². The molecule has 0 atom stereocenters. The highest BCUT2D eigenvalue weighted by Crippen LogP contribution is 2.30. The summed E-state index contributed by atoms with van der Waals surface area (Å²) in [5, 5.41) is 6.84. The van der Waals surface area contributed by atoms with E-state index in [9.17, 15) is 9.59 Å². The number of carbonyl (C=O) groups is 2. The molecule has 1 aliphatic heterocycles. The maximum Gasteiger partial charge on any atom is 0.275 e. The minimum atomic E-state index is -0.451. The number of rotatable bonds is 4. The van der Waals surface area contributed by atoms with Crippen LogP contribution >= 0.6 is 22.9 Å². The molecule has 0 saturated carbocycles. The Bertz CT molecular complexity index is 1290. The quantitative estimate of drug-likeness (QED) is 0.525. The van der Waals surface area contributed by atoms with Gasteiger partial charge in [-0.3, -0.25) is 18.7 Å². The van der Waals surface area contributed by atoms with E-state index in [1.165, 1.54) is 22.2 Å². The maximum atomic E-state index is 12.9. The van der Waals surface area contributed by atoms with Crippen molar-refractivity contribution in [2.45, 2.75) is 6.42 Å². The molecular formula is C19H16ClN7O2S.